The molecule has 0 unspecified atom stereocenters. The molecule has 1 aromatic heterocycles. The molecule has 0 bridgehead atoms. The zero-order valence-electron chi connectivity index (χ0n) is 12.0. The van der Waals surface area contributed by atoms with E-state index in [1.165, 1.54) is 0 Å². The molecule has 0 aliphatic rings. The van der Waals surface area contributed by atoms with Crippen LogP contribution >= 0.6 is 24.0 Å². The summed E-state index contributed by atoms with van der Waals surface area (Å²) in [5, 5.41) is 6.53. The largest absolute Gasteiger partial charge is 0.467 e. The van der Waals surface area contributed by atoms with Crippen LogP contribution in [0.2, 0.25) is 0 Å². The van der Waals surface area contributed by atoms with Crippen molar-refractivity contribution in [3.8, 4) is 0 Å². The molecule has 0 amide bonds. The molecule has 1 rings (SSSR count). The summed E-state index contributed by atoms with van der Waals surface area (Å²) in [5.41, 5.74) is 0. The number of guanidine groups is 1. The molecular formula is C13H25IN4O. The van der Waals surface area contributed by atoms with Crippen molar-refractivity contribution in [3.63, 3.8) is 0 Å². The lowest BCUT2D eigenvalue weighted by atomic mass is 10.4. The van der Waals surface area contributed by atoms with Crippen molar-refractivity contribution in [1.82, 2.24) is 15.5 Å². The molecule has 0 saturated carbocycles. The zero-order valence-corrected chi connectivity index (χ0v) is 14.3. The summed E-state index contributed by atoms with van der Waals surface area (Å²) < 4.78 is 5.25. The minimum atomic E-state index is 0. The first kappa shape index (κ1) is 18.2. The average molecular weight is 380 g/mol. The molecule has 0 fully saturated rings. The van der Waals surface area contributed by atoms with Gasteiger partial charge in [0, 0.05) is 13.1 Å². The van der Waals surface area contributed by atoms with Gasteiger partial charge in [0.1, 0.15) is 12.3 Å². The van der Waals surface area contributed by atoms with Crippen molar-refractivity contribution in [3.05, 3.63) is 24.2 Å². The van der Waals surface area contributed by atoms with E-state index >= 15 is 0 Å². The van der Waals surface area contributed by atoms with Gasteiger partial charge < -0.3 is 20.0 Å². The quantitative estimate of drug-likeness (QED) is 0.329. The molecule has 2 N–H and O–H groups in total. The van der Waals surface area contributed by atoms with Crippen LogP contribution in [0.3, 0.4) is 0 Å². The highest BCUT2D eigenvalue weighted by Crippen LogP contribution is 2.00. The SMILES string of the molecule is CCNC(=NCc1ccco1)NCCCN(C)C.I. The summed E-state index contributed by atoms with van der Waals surface area (Å²) in [6.45, 7) is 5.48. The van der Waals surface area contributed by atoms with Crippen LogP contribution in [-0.4, -0.2) is 44.6 Å². The Labute approximate surface area is 132 Å². The van der Waals surface area contributed by atoms with Gasteiger partial charge in [-0.05, 0) is 46.1 Å². The van der Waals surface area contributed by atoms with Gasteiger partial charge in [-0.25, -0.2) is 4.99 Å². The van der Waals surface area contributed by atoms with Crippen LogP contribution in [0.25, 0.3) is 0 Å². The Morgan fingerprint density at radius 2 is 2.16 bits per heavy atom. The van der Waals surface area contributed by atoms with E-state index in [2.05, 4.69) is 41.5 Å². The topological polar surface area (TPSA) is 52.8 Å². The van der Waals surface area contributed by atoms with Crippen molar-refractivity contribution in [1.29, 1.82) is 0 Å². The molecule has 0 radical (unpaired) electrons. The van der Waals surface area contributed by atoms with E-state index in [1.54, 1.807) is 6.26 Å². The number of furan rings is 1. The van der Waals surface area contributed by atoms with E-state index in [9.17, 15) is 0 Å². The zero-order chi connectivity index (χ0) is 13.2. The van der Waals surface area contributed by atoms with Gasteiger partial charge in [0.15, 0.2) is 5.96 Å². The Balaban J connectivity index is 0.00000324. The van der Waals surface area contributed by atoms with Gasteiger partial charge in [0.05, 0.1) is 6.26 Å². The van der Waals surface area contributed by atoms with Crippen LogP contribution in [0.15, 0.2) is 27.8 Å². The smallest absolute Gasteiger partial charge is 0.191 e. The molecule has 0 aliphatic heterocycles. The van der Waals surface area contributed by atoms with Gasteiger partial charge in [-0.3, -0.25) is 0 Å². The first-order valence-electron chi connectivity index (χ1n) is 6.41. The third kappa shape index (κ3) is 8.88. The fourth-order valence-electron chi connectivity index (χ4n) is 1.50. The van der Waals surface area contributed by atoms with E-state index in [-0.39, 0.29) is 24.0 Å². The number of hydrogen-bond acceptors (Lipinski definition) is 3. The van der Waals surface area contributed by atoms with Gasteiger partial charge >= 0.3 is 0 Å². The van der Waals surface area contributed by atoms with Crippen LogP contribution in [0.1, 0.15) is 19.1 Å². The Hall–Kier alpha value is -0.760. The molecule has 0 aromatic carbocycles. The number of aliphatic imine (C=N–C) groups is 1. The Kier molecular flexibility index (Phi) is 10.7. The van der Waals surface area contributed by atoms with Crippen molar-refractivity contribution >= 4 is 29.9 Å². The van der Waals surface area contributed by atoms with Crippen LogP contribution in [0, 0.1) is 0 Å². The highest BCUT2D eigenvalue weighted by Gasteiger charge is 1.98. The Morgan fingerprint density at radius 1 is 1.37 bits per heavy atom. The predicted molar refractivity (Wildman–Crippen MR) is 90.1 cm³/mol. The number of halogens is 1. The first-order valence-corrected chi connectivity index (χ1v) is 6.41. The molecule has 1 heterocycles. The van der Waals surface area contributed by atoms with Crippen LogP contribution in [-0.2, 0) is 6.54 Å². The van der Waals surface area contributed by atoms with Gasteiger partial charge in [-0.2, -0.15) is 0 Å². The van der Waals surface area contributed by atoms with Gasteiger partial charge in [-0.15, -0.1) is 24.0 Å². The summed E-state index contributed by atoms with van der Waals surface area (Å²) in [4.78, 5) is 6.63. The Bertz CT molecular complexity index is 338. The molecule has 6 heteroatoms. The lowest BCUT2D eigenvalue weighted by Crippen LogP contribution is -2.38. The van der Waals surface area contributed by atoms with Crippen molar-refractivity contribution in [2.24, 2.45) is 4.99 Å². The maximum atomic E-state index is 5.25. The highest BCUT2D eigenvalue weighted by molar-refractivity contribution is 14.0. The van der Waals surface area contributed by atoms with Crippen molar-refractivity contribution in [2.45, 2.75) is 19.9 Å². The Morgan fingerprint density at radius 3 is 2.74 bits per heavy atom. The first-order chi connectivity index (χ1) is 8.72. The van der Waals surface area contributed by atoms with Gasteiger partial charge in [0.2, 0.25) is 0 Å². The highest BCUT2D eigenvalue weighted by atomic mass is 127. The maximum Gasteiger partial charge on any atom is 0.191 e. The minimum absolute atomic E-state index is 0. The van der Waals surface area contributed by atoms with Crippen molar-refractivity contribution < 1.29 is 4.42 Å². The summed E-state index contributed by atoms with van der Waals surface area (Å²) in [7, 11) is 4.16. The molecule has 110 valence electrons. The fraction of sp³-hybridized carbons (Fsp3) is 0.615. The van der Waals surface area contributed by atoms with Crippen molar-refractivity contribution in [2.75, 3.05) is 33.7 Å². The molecule has 0 aliphatic carbocycles. The van der Waals surface area contributed by atoms with E-state index in [4.69, 9.17) is 4.42 Å². The number of nitrogens with zero attached hydrogens (tertiary/aromatic N) is 2. The van der Waals surface area contributed by atoms with Crippen LogP contribution < -0.4 is 10.6 Å². The molecule has 0 spiro atoms. The standard InChI is InChI=1S/C13H24N4O.HI/c1-4-14-13(15-8-6-9-17(2)3)16-11-12-7-5-10-18-12;/h5,7,10H,4,6,8-9,11H2,1-3H3,(H2,14,15,16);1H. The van der Waals surface area contributed by atoms with Crippen LogP contribution in [0.4, 0.5) is 0 Å². The number of hydrogen-bond donors (Lipinski definition) is 2. The molecule has 0 saturated heterocycles. The summed E-state index contributed by atoms with van der Waals surface area (Å²) in [6, 6.07) is 3.81. The second-order valence-electron chi connectivity index (χ2n) is 4.36. The third-order valence-corrected chi connectivity index (χ3v) is 2.39. The fourth-order valence-corrected chi connectivity index (χ4v) is 1.50. The third-order valence-electron chi connectivity index (χ3n) is 2.39. The van der Waals surface area contributed by atoms with E-state index in [1.807, 2.05) is 12.1 Å². The summed E-state index contributed by atoms with van der Waals surface area (Å²) in [5.74, 6) is 1.72. The van der Waals surface area contributed by atoms with Crippen LogP contribution in [0.5, 0.6) is 0 Å². The second-order valence-corrected chi connectivity index (χ2v) is 4.36. The monoisotopic (exact) mass is 380 g/mol. The average Bonchev–Trinajstić information content (AvgIpc) is 2.84. The predicted octanol–water partition coefficient (Wildman–Crippen LogP) is 1.90. The minimum Gasteiger partial charge on any atom is -0.467 e. The lowest BCUT2D eigenvalue weighted by molar-refractivity contribution is 0.399. The lowest BCUT2D eigenvalue weighted by Gasteiger charge is -2.13. The molecule has 5 nitrogen and oxygen atoms in total. The summed E-state index contributed by atoms with van der Waals surface area (Å²) in [6.07, 6.45) is 2.76. The van der Waals surface area contributed by atoms with E-state index in [0.29, 0.717) is 6.54 Å². The summed E-state index contributed by atoms with van der Waals surface area (Å²) >= 11 is 0. The molecule has 19 heavy (non-hydrogen) atoms. The van der Waals surface area contributed by atoms with Gasteiger partial charge in [-0.1, -0.05) is 0 Å². The number of nitrogens with one attached hydrogen (secondary N) is 2. The van der Waals surface area contributed by atoms with E-state index < -0.39 is 0 Å². The maximum absolute atomic E-state index is 5.25. The second kappa shape index (κ2) is 11.1. The normalized spacial score (nSPS) is 11.3. The van der Waals surface area contributed by atoms with E-state index in [0.717, 1.165) is 37.8 Å². The molecule has 1 aromatic rings. The van der Waals surface area contributed by atoms with Gasteiger partial charge in [0.25, 0.3) is 0 Å². The number of rotatable bonds is 7. The molecule has 0 atom stereocenters. The molecular weight excluding hydrogens is 355 g/mol.